The molecule has 3 aromatic carbocycles. The second kappa shape index (κ2) is 13.9. The number of carbonyl (C=O) groups excluding carboxylic acids is 2. The monoisotopic (exact) mass is 523 g/mol. The van der Waals surface area contributed by atoms with E-state index in [1.54, 1.807) is 56.5 Å². The van der Waals surface area contributed by atoms with Gasteiger partial charge in [0, 0.05) is 5.02 Å². The quantitative estimate of drug-likeness (QED) is 0.268. The molecule has 0 bridgehead atoms. The van der Waals surface area contributed by atoms with Crippen molar-refractivity contribution in [3.63, 3.8) is 0 Å². The van der Waals surface area contributed by atoms with E-state index in [1.165, 1.54) is 6.21 Å². The molecule has 0 aliphatic carbocycles. The second-order valence-electron chi connectivity index (χ2n) is 8.10. The number of carbonyl (C=O) groups is 2. The number of nitrogens with zero attached hydrogens (tertiary/aromatic N) is 1. The number of hydrogen-bond acceptors (Lipinski definition) is 6. The van der Waals surface area contributed by atoms with Crippen LogP contribution in [-0.2, 0) is 22.6 Å². The number of nitrogens with one attached hydrogen (secondary N) is 2. The van der Waals surface area contributed by atoms with Crippen LogP contribution in [0.4, 0.5) is 0 Å². The summed E-state index contributed by atoms with van der Waals surface area (Å²) < 4.78 is 16.7. The molecule has 1 atom stereocenters. The third-order valence-electron chi connectivity index (χ3n) is 5.26. The van der Waals surface area contributed by atoms with Gasteiger partial charge in [-0.3, -0.25) is 9.59 Å². The SMILES string of the molecule is CCOc1cc(C=NNC(=O)C(C)NC(=O)Cc2ccc(OC)cc2)ccc1OCc1ccc(Cl)cc1. The van der Waals surface area contributed by atoms with Gasteiger partial charge in [-0.1, -0.05) is 35.9 Å². The topological polar surface area (TPSA) is 98.2 Å². The summed E-state index contributed by atoms with van der Waals surface area (Å²) in [5.41, 5.74) is 4.95. The minimum atomic E-state index is -0.759. The summed E-state index contributed by atoms with van der Waals surface area (Å²) >= 11 is 5.93. The Kier molecular flexibility index (Phi) is 10.3. The fraction of sp³-hybridized carbons (Fsp3) is 0.250. The minimum absolute atomic E-state index is 0.150. The smallest absolute Gasteiger partial charge is 0.262 e. The maximum absolute atomic E-state index is 12.4. The summed E-state index contributed by atoms with van der Waals surface area (Å²) in [6.45, 7) is 4.30. The van der Waals surface area contributed by atoms with Crippen LogP contribution in [0.3, 0.4) is 0 Å². The first-order valence-corrected chi connectivity index (χ1v) is 12.1. The van der Waals surface area contributed by atoms with E-state index in [0.717, 1.165) is 11.1 Å². The molecule has 3 rings (SSSR count). The average molecular weight is 524 g/mol. The lowest BCUT2D eigenvalue weighted by Crippen LogP contribution is -2.43. The zero-order chi connectivity index (χ0) is 26.6. The largest absolute Gasteiger partial charge is 0.497 e. The van der Waals surface area contributed by atoms with Crippen LogP contribution in [-0.4, -0.2) is 37.8 Å². The number of rotatable bonds is 12. The molecule has 0 aliphatic heterocycles. The molecule has 0 radical (unpaired) electrons. The number of benzene rings is 3. The summed E-state index contributed by atoms with van der Waals surface area (Å²) in [6.07, 6.45) is 1.65. The maximum Gasteiger partial charge on any atom is 0.262 e. The summed E-state index contributed by atoms with van der Waals surface area (Å²) in [5.74, 6) is 1.15. The second-order valence-corrected chi connectivity index (χ2v) is 8.54. The third kappa shape index (κ3) is 8.84. The van der Waals surface area contributed by atoms with Crippen molar-refractivity contribution >= 4 is 29.6 Å². The molecule has 9 heteroatoms. The van der Waals surface area contributed by atoms with Crippen molar-refractivity contribution in [1.29, 1.82) is 0 Å². The van der Waals surface area contributed by atoms with Crippen molar-refractivity contribution in [2.45, 2.75) is 32.9 Å². The van der Waals surface area contributed by atoms with Crippen molar-refractivity contribution in [3.8, 4) is 17.2 Å². The number of ether oxygens (including phenoxy) is 3. The van der Waals surface area contributed by atoms with E-state index in [1.807, 2.05) is 31.2 Å². The van der Waals surface area contributed by atoms with Gasteiger partial charge in [0.15, 0.2) is 11.5 Å². The van der Waals surface area contributed by atoms with E-state index in [9.17, 15) is 9.59 Å². The van der Waals surface area contributed by atoms with Gasteiger partial charge in [-0.05, 0) is 73.0 Å². The van der Waals surface area contributed by atoms with E-state index in [2.05, 4.69) is 15.8 Å². The highest BCUT2D eigenvalue weighted by Crippen LogP contribution is 2.29. The Hall–Kier alpha value is -4.04. The van der Waals surface area contributed by atoms with Crippen molar-refractivity contribution in [1.82, 2.24) is 10.7 Å². The van der Waals surface area contributed by atoms with Gasteiger partial charge in [0.1, 0.15) is 18.4 Å². The zero-order valence-electron chi connectivity index (χ0n) is 21.0. The molecule has 194 valence electrons. The van der Waals surface area contributed by atoms with Gasteiger partial charge in [-0.2, -0.15) is 5.10 Å². The summed E-state index contributed by atoms with van der Waals surface area (Å²) in [6, 6.07) is 19.2. The Morgan fingerprint density at radius 2 is 1.68 bits per heavy atom. The molecule has 37 heavy (non-hydrogen) atoms. The van der Waals surface area contributed by atoms with Gasteiger partial charge in [0.2, 0.25) is 5.91 Å². The van der Waals surface area contributed by atoms with Crippen LogP contribution in [0.2, 0.25) is 5.02 Å². The molecule has 0 fully saturated rings. The lowest BCUT2D eigenvalue weighted by atomic mass is 10.1. The molecule has 0 saturated heterocycles. The molecule has 0 saturated carbocycles. The molecule has 0 aliphatic rings. The van der Waals surface area contributed by atoms with Gasteiger partial charge in [0.05, 0.1) is 26.4 Å². The van der Waals surface area contributed by atoms with Crippen LogP contribution >= 0.6 is 11.6 Å². The highest BCUT2D eigenvalue weighted by atomic mass is 35.5. The molecule has 8 nitrogen and oxygen atoms in total. The molecule has 0 heterocycles. The van der Waals surface area contributed by atoms with Gasteiger partial charge >= 0.3 is 0 Å². The summed E-state index contributed by atoms with van der Waals surface area (Å²) in [4.78, 5) is 24.6. The van der Waals surface area contributed by atoms with Crippen LogP contribution in [0.15, 0.2) is 71.8 Å². The normalized spacial score (nSPS) is 11.6. The third-order valence-corrected chi connectivity index (χ3v) is 5.51. The molecule has 2 N–H and O–H groups in total. The van der Waals surface area contributed by atoms with Crippen LogP contribution in [0, 0.1) is 0 Å². The molecule has 0 spiro atoms. The van der Waals surface area contributed by atoms with Gasteiger partial charge in [-0.25, -0.2) is 5.43 Å². The van der Waals surface area contributed by atoms with Crippen molar-refractivity contribution in [2.75, 3.05) is 13.7 Å². The standard InChI is InChI=1S/C28H30ClN3O5/c1-4-36-26-15-22(9-14-25(26)37-18-21-5-10-23(29)11-6-21)17-30-32-28(34)19(2)31-27(33)16-20-7-12-24(35-3)13-8-20/h5-15,17,19H,4,16,18H2,1-3H3,(H,31,33)(H,32,34). The Morgan fingerprint density at radius 3 is 2.35 bits per heavy atom. The summed E-state index contributed by atoms with van der Waals surface area (Å²) in [7, 11) is 1.58. The van der Waals surface area contributed by atoms with Crippen LogP contribution in [0.25, 0.3) is 0 Å². The first kappa shape index (κ1) is 27.5. The minimum Gasteiger partial charge on any atom is -0.497 e. The Labute approximate surface area is 221 Å². The summed E-state index contributed by atoms with van der Waals surface area (Å²) in [5, 5.41) is 7.34. The highest BCUT2D eigenvalue weighted by Gasteiger charge is 2.15. The molecule has 0 aromatic heterocycles. The molecule has 1 unspecified atom stereocenters. The van der Waals surface area contributed by atoms with E-state index >= 15 is 0 Å². The molecule has 2 amide bonds. The van der Waals surface area contributed by atoms with Crippen LogP contribution in [0.1, 0.15) is 30.5 Å². The lowest BCUT2D eigenvalue weighted by molar-refractivity contribution is -0.128. The Bertz CT molecular complexity index is 1210. The van der Waals surface area contributed by atoms with Gasteiger partial charge < -0.3 is 19.5 Å². The van der Waals surface area contributed by atoms with Gasteiger partial charge in [-0.15, -0.1) is 0 Å². The predicted octanol–water partition coefficient (Wildman–Crippen LogP) is 4.52. The van der Waals surface area contributed by atoms with Gasteiger partial charge in [0.25, 0.3) is 5.91 Å². The Morgan fingerprint density at radius 1 is 0.973 bits per heavy atom. The maximum atomic E-state index is 12.4. The average Bonchev–Trinajstić information content (AvgIpc) is 2.89. The number of amides is 2. The molecular weight excluding hydrogens is 494 g/mol. The van der Waals surface area contributed by atoms with E-state index in [4.69, 9.17) is 25.8 Å². The number of hydrogen-bond donors (Lipinski definition) is 2. The number of halogens is 1. The van der Waals surface area contributed by atoms with E-state index < -0.39 is 11.9 Å². The zero-order valence-corrected chi connectivity index (χ0v) is 21.7. The van der Waals surface area contributed by atoms with Crippen LogP contribution < -0.4 is 25.0 Å². The molecular formula is C28H30ClN3O5. The highest BCUT2D eigenvalue weighted by molar-refractivity contribution is 6.30. The number of hydrazone groups is 1. The van der Waals surface area contributed by atoms with Crippen molar-refractivity contribution in [2.24, 2.45) is 5.10 Å². The number of methoxy groups -OCH3 is 1. The van der Waals surface area contributed by atoms with Crippen molar-refractivity contribution < 1.29 is 23.8 Å². The lowest BCUT2D eigenvalue weighted by Gasteiger charge is -2.13. The molecule has 3 aromatic rings. The first-order valence-electron chi connectivity index (χ1n) is 11.8. The Balaban J connectivity index is 1.51. The van der Waals surface area contributed by atoms with Crippen LogP contribution in [0.5, 0.6) is 17.2 Å². The van der Waals surface area contributed by atoms with E-state index in [0.29, 0.717) is 41.0 Å². The predicted molar refractivity (Wildman–Crippen MR) is 143 cm³/mol. The fourth-order valence-corrected chi connectivity index (χ4v) is 3.41. The van der Waals surface area contributed by atoms with E-state index in [-0.39, 0.29) is 12.3 Å². The fourth-order valence-electron chi connectivity index (χ4n) is 3.29. The van der Waals surface area contributed by atoms with Crippen molar-refractivity contribution in [3.05, 3.63) is 88.4 Å². The first-order chi connectivity index (χ1) is 17.9.